The summed E-state index contributed by atoms with van der Waals surface area (Å²) in [6, 6.07) is 10.7. The zero-order valence-corrected chi connectivity index (χ0v) is 18.4. The number of furan rings is 2. The van der Waals surface area contributed by atoms with Crippen molar-refractivity contribution in [3.05, 3.63) is 85.5 Å². The molecule has 0 unspecified atom stereocenters. The van der Waals surface area contributed by atoms with Crippen LogP contribution in [0.5, 0.6) is 0 Å². The lowest BCUT2D eigenvalue weighted by molar-refractivity contribution is -0.130. The maximum absolute atomic E-state index is 13.2. The smallest absolute Gasteiger partial charge is 0.253 e. The monoisotopic (exact) mass is 460 g/mol. The predicted molar refractivity (Wildman–Crippen MR) is 122 cm³/mol. The Morgan fingerprint density at radius 2 is 1.97 bits per heavy atom. The highest BCUT2D eigenvalue weighted by molar-refractivity contribution is 7.99. The van der Waals surface area contributed by atoms with Crippen LogP contribution < -0.4 is 0 Å². The highest BCUT2D eigenvalue weighted by Crippen LogP contribution is 2.34. The van der Waals surface area contributed by atoms with Crippen molar-refractivity contribution in [3.8, 4) is 11.4 Å². The molecule has 0 saturated heterocycles. The fraction of sp³-hybridized carbons (Fsp3) is 0.174. The number of hydrogen-bond acceptors (Lipinski definition) is 8. The Hall–Kier alpha value is -3.92. The first-order valence-corrected chi connectivity index (χ1v) is 11.3. The molecule has 10 heteroatoms. The Kier molecular flexibility index (Phi) is 5.90. The Balaban J connectivity index is 1.36. The van der Waals surface area contributed by atoms with Gasteiger partial charge in [0.1, 0.15) is 23.3 Å². The second-order valence-corrected chi connectivity index (χ2v) is 8.17. The third-order valence-electron chi connectivity index (χ3n) is 5.13. The van der Waals surface area contributed by atoms with Gasteiger partial charge >= 0.3 is 0 Å². The van der Waals surface area contributed by atoms with Crippen molar-refractivity contribution in [2.24, 2.45) is 5.10 Å². The van der Waals surface area contributed by atoms with Gasteiger partial charge in [0.15, 0.2) is 11.0 Å². The van der Waals surface area contributed by atoms with Crippen LogP contribution in [0.4, 0.5) is 0 Å². The first-order chi connectivity index (χ1) is 16.2. The Morgan fingerprint density at radius 3 is 2.70 bits per heavy atom. The molecule has 4 aromatic heterocycles. The molecule has 5 rings (SSSR count). The second-order valence-electron chi connectivity index (χ2n) is 7.23. The minimum atomic E-state index is -0.327. The van der Waals surface area contributed by atoms with E-state index in [2.05, 4.69) is 26.9 Å². The molecule has 0 saturated carbocycles. The summed E-state index contributed by atoms with van der Waals surface area (Å²) in [5.41, 5.74) is 1.59. The average Bonchev–Trinajstić information content (AvgIpc) is 3.64. The summed E-state index contributed by atoms with van der Waals surface area (Å²) in [5, 5.41) is 15.3. The minimum Gasteiger partial charge on any atom is -0.467 e. The molecule has 1 aliphatic heterocycles. The maximum atomic E-state index is 13.2. The van der Waals surface area contributed by atoms with Gasteiger partial charge in [-0.1, -0.05) is 17.8 Å². The van der Waals surface area contributed by atoms with E-state index in [1.54, 1.807) is 43.1 Å². The standard InChI is InChI=1S/C23H20N6O3S/c1-2-11-28-22(16-7-9-24-10-8-16)25-26-23(28)33-15-21(30)29-18(20-6-4-13-32-20)14-17(27-29)19-5-3-12-31-19/h2-10,12-13,18H,1,11,14-15H2/t18-/m0/s1. The number of allylic oxidation sites excluding steroid dienone is 1. The van der Waals surface area contributed by atoms with Gasteiger partial charge in [0, 0.05) is 30.9 Å². The number of hydrazone groups is 1. The molecule has 166 valence electrons. The van der Waals surface area contributed by atoms with Gasteiger partial charge in [0.2, 0.25) is 0 Å². The fourth-order valence-corrected chi connectivity index (χ4v) is 4.43. The van der Waals surface area contributed by atoms with Crippen molar-refractivity contribution in [3.63, 3.8) is 0 Å². The third-order valence-corrected chi connectivity index (χ3v) is 6.09. The largest absolute Gasteiger partial charge is 0.467 e. The Labute approximate surface area is 193 Å². The predicted octanol–water partition coefficient (Wildman–Crippen LogP) is 4.18. The van der Waals surface area contributed by atoms with Crippen molar-refractivity contribution in [1.82, 2.24) is 24.8 Å². The first-order valence-electron chi connectivity index (χ1n) is 10.3. The van der Waals surface area contributed by atoms with Crippen LogP contribution in [0.2, 0.25) is 0 Å². The molecule has 0 spiro atoms. The number of carbonyl (C=O) groups is 1. The molecule has 0 aliphatic carbocycles. The number of nitrogens with zero attached hydrogens (tertiary/aromatic N) is 6. The van der Waals surface area contributed by atoms with Gasteiger partial charge in [-0.25, -0.2) is 5.01 Å². The van der Waals surface area contributed by atoms with Crippen LogP contribution in [-0.4, -0.2) is 42.1 Å². The van der Waals surface area contributed by atoms with Gasteiger partial charge in [-0.2, -0.15) is 5.10 Å². The molecule has 5 heterocycles. The van der Waals surface area contributed by atoms with Gasteiger partial charge in [0.25, 0.3) is 5.91 Å². The van der Waals surface area contributed by atoms with Crippen molar-refractivity contribution < 1.29 is 13.6 Å². The van der Waals surface area contributed by atoms with Crippen LogP contribution in [-0.2, 0) is 11.3 Å². The zero-order valence-electron chi connectivity index (χ0n) is 17.6. The zero-order chi connectivity index (χ0) is 22.6. The number of hydrogen-bond donors (Lipinski definition) is 0. The Morgan fingerprint density at radius 1 is 1.15 bits per heavy atom. The summed E-state index contributed by atoms with van der Waals surface area (Å²) in [5.74, 6) is 1.98. The highest BCUT2D eigenvalue weighted by Gasteiger charge is 2.35. The number of rotatable bonds is 8. The quantitative estimate of drug-likeness (QED) is 0.287. The molecular formula is C23H20N6O3S. The topological polar surface area (TPSA) is 103 Å². The van der Waals surface area contributed by atoms with Crippen LogP contribution in [0.1, 0.15) is 24.0 Å². The van der Waals surface area contributed by atoms with Crippen LogP contribution in [0, 0.1) is 0 Å². The van der Waals surface area contributed by atoms with E-state index in [9.17, 15) is 4.79 Å². The normalized spacial score (nSPS) is 15.6. The van der Waals surface area contributed by atoms with E-state index in [4.69, 9.17) is 8.83 Å². The van der Waals surface area contributed by atoms with Gasteiger partial charge < -0.3 is 8.83 Å². The van der Waals surface area contributed by atoms with Gasteiger partial charge in [0.05, 0.1) is 18.3 Å². The van der Waals surface area contributed by atoms with E-state index in [1.807, 2.05) is 28.8 Å². The molecule has 33 heavy (non-hydrogen) atoms. The number of thioether (sulfide) groups is 1. The lowest BCUT2D eigenvalue weighted by Crippen LogP contribution is -2.28. The molecular weight excluding hydrogens is 440 g/mol. The summed E-state index contributed by atoms with van der Waals surface area (Å²) in [6.07, 6.45) is 8.87. The number of carbonyl (C=O) groups excluding carboxylic acids is 1. The van der Waals surface area contributed by atoms with Crippen molar-refractivity contribution in [2.45, 2.75) is 24.2 Å². The van der Waals surface area contributed by atoms with Crippen LogP contribution in [0.25, 0.3) is 11.4 Å². The van der Waals surface area contributed by atoms with Gasteiger partial charge in [-0.15, -0.1) is 16.8 Å². The third kappa shape index (κ3) is 4.24. The van der Waals surface area contributed by atoms with E-state index in [-0.39, 0.29) is 17.7 Å². The number of amides is 1. The molecule has 0 N–H and O–H groups in total. The van der Waals surface area contributed by atoms with Crippen LogP contribution in [0.15, 0.2) is 93.1 Å². The molecule has 0 aromatic carbocycles. The van der Waals surface area contributed by atoms with Crippen molar-refractivity contribution >= 4 is 23.4 Å². The SMILES string of the molecule is C=CCn1c(SCC(=O)N2N=C(c3ccco3)C[C@H]2c2ccco2)nnc1-c1ccncc1. The average molecular weight is 461 g/mol. The number of aromatic nitrogens is 4. The van der Waals surface area contributed by atoms with E-state index < -0.39 is 0 Å². The van der Waals surface area contributed by atoms with Crippen LogP contribution >= 0.6 is 11.8 Å². The summed E-state index contributed by atoms with van der Waals surface area (Å²) in [4.78, 5) is 17.3. The van der Waals surface area contributed by atoms with E-state index in [0.717, 1.165) is 5.56 Å². The van der Waals surface area contributed by atoms with Crippen LogP contribution in [0.3, 0.4) is 0 Å². The molecule has 1 aliphatic rings. The highest BCUT2D eigenvalue weighted by atomic mass is 32.2. The van der Waals surface area contributed by atoms with Gasteiger partial charge in [-0.3, -0.25) is 14.3 Å². The second kappa shape index (κ2) is 9.29. The van der Waals surface area contributed by atoms with E-state index in [1.165, 1.54) is 16.8 Å². The molecule has 4 aromatic rings. The molecule has 0 bridgehead atoms. The maximum Gasteiger partial charge on any atom is 0.253 e. The molecule has 0 radical (unpaired) electrons. The summed E-state index contributed by atoms with van der Waals surface area (Å²) in [6.45, 7) is 4.35. The van der Waals surface area contributed by atoms with Crippen molar-refractivity contribution in [2.75, 3.05) is 5.75 Å². The number of pyridine rings is 1. The Bertz CT molecular complexity index is 1270. The summed E-state index contributed by atoms with van der Waals surface area (Å²) >= 11 is 1.31. The minimum absolute atomic E-state index is 0.137. The van der Waals surface area contributed by atoms with Gasteiger partial charge in [-0.05, 0) is 36.4 Å². The molecule has 1 atom stereocenters. The lowest BCUT2D eigenvalue weighted by Gasteiger charge is -2.19. The molecule has 1 amide bonds. The summed E-state index contributed by atoms with van der Waals surface area (Å²) in [7, 11) is 0. The molecule has 0 fully saturated rings. The first kappa shape index (κ1) is 21.0. The fourth-order valence-electron chi connectivity index (χ4n) is 3.63. The summed E-state index contributed by atoms with van der Waals surface area (Å²) < 4.78 is 13.0. The molecule has 9 nitrogen and oxygen atoms in total. The lowest BCUT2D eigenvalue weighted by atomic mass is 10.1. The van der Waals surface area contributed by atoms with Crippen molar-refractivity contribution in [1.29, 1.82) is 0 Å². The van der Waals surface area contributed by atoms with E-state index in [0.29, 0.717) is 41.2 Å². The van der Waals surface area contributed by atoms with E-state index >= 15 is 0 Å².